The first-order chi connectivity index (χ1) is 15.9. The van der Waals surface area contributed by atoms with Crippen LogP contribution < -0.4 is 9.47 Å². The van der Waals surface area contributed by atoms with Gasteiger partial charge in [0.2, 0.25) is 0 Å². The van der Waals surface area contributed by atoms with Crippen LogP contribution in [-0.2, 0) is 17.8 Å². The van der Waals surface area contributed by atoms with Crippen molar-refractivity contribution in [3.05, 3.63) is 80.8 Å². The standard InChI is InChI=1S/C24H24N2O5S2/c1-4-8-18-11-17(14-21-23(27)25(5-2)24(32)33-21)13-20(30-6-3)22(18)31-15-16-9-7-10-19(12-16)26(28)29/h4,7,9-14H,1,5-6,8,15H2,2-3H3/b21-14-. The number of benzene rings is 2. The summed E-state index contributed by atoms with van der Waals surface area (Å²) >= 11 is 6.58. The Hall–Kier alpha value is -3.17. The lowest BCUT2D eigenvalue weighted by molar-refractivity contribution is -0.384. The van der Waals surface area contributed by atoms with Gasteiger partial charge in [-0.05, 0) is 49.6 Å². The average molecular weight is 485 g/mol. The number of ether oxygens (including phenoxy) is 2. The van der Waals surface area contributed by atoms with Gasteiger partial charge in [-0.15, -0.1) is 6.58 Å². The fourth-order valence-corrected chi connectivity index (χ4v) is 4.72. The fourth-order valence-electron chi connectivity index (χ4n) is 3.34. The predicted octanol–water partition coefficient (Wildman–Crippen LogP) is 5.52. The van der Waals surface area contributed by atoms with E-state index in [0.717, 1.165) is 11.1 Å². The van der Waals surface area contributed by atoms with Crippen molar-refractivity contribution in [2.75, 3.05) is 13.2 Å². The van der Waals surface area contributed by atoms with E-state index in [-0.39, 0.29) is 18.2 Å². The molecule has 7 nitrogen and oxygen atoms in total. The Kier molecular flexibility index (Phi) is 8.24. The molecule has 2 aromatic carbocycles. The fraction of sp³-hybridized carbons (Fsp3) is 0.250. The topological polar surface area (TPSA) is 81.9 Å². The minimum atomic E-state index is -0.436. The van der Waals surface area contributed by atoms with Crippen molar-refractivity contribution in [3.8, 4) is 11.5 Å². The molecule has 0 spiro atoms. The molecule has 1 heterocycles. The lowest BCUT2D eigenvalue weighted by Crippen LogP contribution is -2.27. The number of thiocarbonyl (C=S) groups is 1. The molecule has 172 valence electrons. The zero-order valence-electron chi connectivity index (χ0n) is 18.4. The third-order valence-corrected chi connectivity index (χ3v) is 6.19. The van der Waals surface area contributed by atoms with E-state index in [1.54, 1.807) is 29.2 Å². The van der Waals surface area contributed by atoms with Crippen LogP contribution in [0.2, 0.25) is 0 Å². The number of non-ortho nitro benzene ring substituents is 1. The number of nitro benzene ring substituents is 1. The van der Waals surface area contributed by atoms with Gasteiger partial charge >= 0.3 is 0 Å². The summed E-state index contributed by atoms with van der Waals surface area (Å²) in [5, 5.41) is 11.1. The molecule has 9 heteroatoms. The summed E-state index contributed by atoms with van der Waals surface area (Å²) < 4.78 is 12.5. The smallest absolute Gasteiger partial charge is 0.269 e. The van der Waals surface area contributed by atoms with Crippen LogP contribution in [0.4, 0.5) is 5.69 Å². The number of allylic oxidation sites excluding steroid dienone is 1. The first-order valence-corrected chi connectivity index (χ1v) is 11.6. The quantitative estimate of drug-likeness (QED) is 0.144. The van der Waals surface area contributed by atoms with Crippen molar-refractivity contribution in [2.24, 2.45) is 0 Å². The van der Waals surface area contributed by atoms with Gasteiger partial charge in [-0.2, -0.15) is 0 Å². The highest BCUT2D eigenvalue weighted by Crippen LogP contribution is 2.38. The highest BCUT2D eigenvalue weighted by atomic mass is 32.2. The summed E-state index contributed by atoms with van der Waals surface area (Å²) in [6.07, 6.45) is 4.07. The largest absolute Gasteiger partial charge is 0.490 e. The lowest BCUT2D eigenvalue weighted by Gasteiger charge is -2.17. The molecule has 0 saturated carbocycles. The summed E-state index contributed by atoms with van der Waals surface area (Å²) in [4.78, 5) is 25.3. The molecule has 0 N–H and O–H groups in total. The van der Waals surface area contributed by atoms with Crippen molar-refractivity contribution in [2.45, 2.75) is 26.9 Å². The maximum absolute atomic E-state index is 12.6. The second-order valence-electron chi connectivity index (χ2n) is 7.07. The molecule has 0 aromatic heterocycles. The highest BCUT2D eigenvalue weighted by Gasteiger charge is 2.30. The summed E-state index contributed by atoms with van der Waals surface area (Å²) in [6.45, 7) is 8.67. The van der Waals surface area contributed by atoms with Gasteiger partial charge in [0.15, 0.2) is 11.5 Å². The van der Waals surface area contributed by atoms with Crippen LogP contribution in [0.3, 0.4) is 0 Å². The monoisotopic (exact) mass is 484 g/mol. The van der Waals surface area contributed by atoms with Crippen molar-refractivity contribution in [1.29, 1.82) is 0 Å². The molecule has 1 aliphatic heterocycles. The minimum absolute atomic E-state index is 0.00666. The van der Waals surface area contributed by atoms with Crippen LogP contribution in [0.15, 0.2) is 54.0 Å². The molecule has 1 saturated heterocycles. The molecule has 0 aliphatic carbocycles. The van der Waals surface area contributed by atoms with Gasteiger partial charge in [-0.3, -0.25) is 19.8 Å². The Morgan fingerprint density at radius 3 is 2.67 bits per heavy atom. The number of amides is 1. The van der Waals surface area contributed by atoms with Crippen LogP contribution in [-0.4, -0.2) is 33.2 Å². The number of likely N-dealkylation sites (N-methyl/N-ethyl adjacent to an activating group) is 1. The van der Waals surface area contributed by atoms with Gasteiger partial charge < -0.3 is 9.47 Å². The summed E-state index contributed by atoms with van der Waals surface area (Å²) in [7, 11) is 0. The molecule has 0 atom stereocenters. The van der Waals surface area contributed by atoms with E-state index < -0.39 is 4.92 Å². The lowest BCUT2D eigenvalue weighted by atomic mass is 10.0. The molecule has 2 aromatic rings. The minimum Gasteiger partial charge on any atom is -0.490 e. The zero-order chi connectivity index (χ0) is 24.0. The van der Waals surface area contributed by atoms with E-state index in [2.05, 4.69) is 6.58 Å². The molecule has 33 heavy (non-hydrogen) atoms. The van der Waals surface area contributed by atoms with Crippen molar-refractivity contribution in [3.63, 3.8) is 0 Å². The van der Waals surface area contributed by atoms with E-state index in [9.17, 15) is 14.9 Å². The number of carbonyl (C=O) groups is 1. The summed E-state index contributed by atoms with van der Waals surface area (Å²) in [5.74, 6) is 0.961. The van der Waals surface area contributed by atoms with Crippen LogP contribution in [0.1, 0.15) is 30.5 Å². The van der Waals surface area contributed by atoms with Crippen LogP contribution >= 0.6 is 24.0 Å². The second-order valence-corrected chi connectivity index (χ2v) is 8.75. The molecule has 0 unspecified atom stereocenters. The van der Waals surface area contributed by atoms with Crippen LogP contribution in [0.5, 0.6) is 11.5 Å². The van der Waals surface area contributed by atoms with Crippen LogP contribution in [0, 0.1) is 10.1 Å². The summed E-state index contributed by atoms with van der Waals surface area (Å²) in [6, 6.07) is 10.1. The van der Waals surface area contributed by atoms with Crippen molar-refractivity contribution < 1.29 is 19.2 Å². The third kappa shape index (κ3) is 5.80. The number of thioether (sulfide) groups is 1. The predicted molar refractivity (Wildman–Crippen MR) is 134 cm³/mol. The van der Waals surface area contributed by atoms with Gasteiger partial charge in [-0.1, -0.05) is 42.2 Å². The molecule has 0 radical (unpaired) electrons. The van der Waals surface area contributed by atoms with E-state index in [1.165, 1.54) is 23.9 Å². The number of nitro groups is 1. The number of hydrogen-bond donors (Lipinski definition) is 0. The van der Waals surface area contributed by atoms with Crippen molar-refractivity contribution >= 4 is 46.0 Å². The molecular formula is C24H24N2O5S2. The molecular weight excluding hydrogens is 460 g/mol. The Bertz CT molecular complexity index is 1130. The Morgan fingerprint density at radius 2 is 2.03 bits per heavy atom. The Labute approximate surface area is 202 Å². The Balaban J connectivity index is 1.95. The Morgan fingerprint density at radius 1 is 1.24 bits per heavy atom. The van der Waals surface area contributed by atoms with Crippen molar-refractivity contribution in [1.82, 2.24) is 4.90 Å². The van der Waals surface area contributed by atoms with Gasteiger partial charge in [-0.25, -0.2) is 0 Å². The van der Waals surface area contributed by atoms with E-state index in [1.807, 2.05) is 26.0 Å². The molecule has 1 amide bonds. The van der Waals surface area contributed by atoms with Gasteiger partial charge in [0.25, 0.3) is 11.6 Å². The molecule has 1 fully saturated rings. The van der Waals surface area contributed by atoms with E-state index in [0.29, 0.717) is 45.9 Å². The molecule has 3 rings (SSSR count). The van der Waals surface area contributed by atoms with E-state index in [4.69, 9.17) is 21.7 Å². The number of carbonyl (C=O) groups excluding carboxylic acids is 1. The van der Waals surface area contributed by atoms with Gasteiger partial charge in [0.05, 0.1) is 16.4 Å². The molecule has 1 aliphatic rings. The number of hydrogen-bond acceptors (Lipinski definition) is 7. The first-order valence-electron chi connectivity index (χ1n) is 10.4. The maximum atomic E-state index is 12.6. The van der Waals surface area contributed by atoms with Gasteiger partial charge in [0, 0.05) is 24.2 Å². The highest BCUT2D eigenvalue weighted by molar-refractivity contribution is 8.26. The zero-order valence-corrected chi connectivity index (χ0v) is 20.0. The maximum Gasteiger partial charge on any atom is 0.269 e. The first kappa shape index (κ1) is 24.5. The SMILES string of the molecule is C=CCc1cc(/C=C2\SC(=S)N(CC)C2=O)cc(OCC)c1OCc1cccc([N+](=O)[O-])c1. The number of rotatable bonds is 10. The van der Waals surface area contributed by atoms with E-state index >= 15 is 0 Å². The molecule has 0 bridgehead atoms. The number of nitrogens with zero attached hydrogens (tertiary/aromatic N) is 2. The second kappa shape index (κ2) is 11.1. The van der Waals surface area contributed by atoms with Gasteiger partial charge in [0.1, 0.15) is 10.9 Å². The van der Waals surface area contributed by atoms with Crippen LogP contribution in [0.25, 0.3) is 6.08 Å². The normalized spacial score (nSPS) is 14.6. The summed E-state index contributed by atoms with van der Waals surface area (Å²) in [5.41, 5.74) is 2.30. The third-order valence-electron chi connectivity index (χ3n) is 4.81. The average Bonchev–Trinajstić information content (AvgIpc) is 3.05.